The zero-order chi connectivity index (χ0) is 19.4. The summed E-state index contributed by atoms with van der Waals surface area (Å²) in [4.78, 5) is 24.7. The van der Waals surface area contributed by atoms with Crippen LogP contribution in [-0.2, 0) is 17.8 Å². The van der Waals surface area contributed by atoms with Gasteiger partial charge in [0.15, 0.2) is 0 Å². The Hall–Kier alpha value is -2.93. The average molecular weight is 387 g/mol. The van der Waals surface area contributed by atoms with E-state index >= 15 is 0 Å². The van der Waals surface area contributed by atoms with Gasteiger partial charge in [-0.05, 0) is 43.2 Å². The van der Waals surface area contributed by atoms with Gasteiger partial charge in [-0.3, -0.25) is 9.59 Å². The molecule has 0 fully saturated rings. The van der Waals surface area contributed by atoms with Crippen LogP contribution in [0.1, 0.15) is 12.5 Å². The van der Waals surface area contributed by atoms with Crippen molar-refractivity contribution in [3.8, 4) is 5.75 Å². The van der Waals surface area contributed by atoms with E-state index < -0.39 is 0 Å². The first-order valence-corrected chi connectivity index (χ1v) is 8.80. The number of hydrogen-bond donors (Lipinski definition) is 1. The zero-order valence-corrected chi connectivity index (χ0v) is 15.7. The van der Waals surface area contributed by atoms with Crippen molar-refractivity contribution in [2.75, 3.05) is 7.11 Å². The zero-order valence-electron chi connectivity index (χ0n) is 15.0. The molecule has 3 rings (SSSR count). The maximum atomic E-state index is 12.4. The second kappa shape index (κ2) is 8.18. The predicted molar refractivity (Wildman–Crippen MR) is 103 cm³/mol. The Morgan fingerprint density at radius 3 is 2.85 bits per heavy atom. The molecule has 1 heterocycles. The number of carbonyl (C=O) groups excluding carboxylic acids is 1. The first kappa shape index (κ1) is 18.8. The van der Waals surface area contributed by atoms with Gasteiger partial charge in [0.2, 0.25) is 5.91 Å². The van der Waals surface area contributed by atoms with Crippen molar-refractivity contribution in [1.82, 2.24) is 20.3 Å². The van der Waals surface area contributed by atoms with Crippen molar-refractivity contribution >= 4 is 28.4 Å². The molecular weight excluding hydrogens is 368 g/mol. The van der Waals surface area contributed by atoms with Crippen molar-refractivity contribution in [3.63, 3.8) is 0 Å². The van der Waals surface area contributed by atoms with Crippen LogP contribution in [0, 0.1) is 0 Å². The van der Waals surface area contributed by atoms with Gasteiger partial charge in [0.05, 0.1) is 12.5 Å². The molecule has 1 atom stereocenters. The summed E-state index contributed by atoms with van der Waals surface area (Å²) < 4.78 is 6.39. The topological polar surface area (TPSA) is 86.1 Å². The van der Waals surface area contributed by atoms with E-state index in [-0.39, 0.29) is 24.1 Å². The summed E-state index contributed by atoms with van der Waals surface area (Å²) in [7, 11) is 1.57. The van der Waals surface area contributed by atoms with Gasteiger partial charge in [-0.25, -0.2) is 4.68 Å². The summed E-state index contributed by atoms with van der Waals surface area (Å²) in [5.41, 5.74) is 1.09. The molecule has 140 valence electrons. The van der Waals surface area contributed by atoms with Gasteiger partial charge in [0.25, 0.3) is 5.56 Å². The van der Waals surface area contributed by atoms with Crippen molar-refractivity contribution in [2.45, 2.75) is 25.9 Å². The molecule has 0 aliphatic heterocycles. The number of halogens is 1. The van der Waals surface area contributed by atoms with Crippen LogP contribution >= 0.6 is 11.6 Å². The smallest absolute Gasteiger partial charge is 0.278 e. The Bertz CT molecular complexity index is 1030. The fourth-order valence-electron chi connectivity index (χ4n) is 2.85. The van der Waals surface area contributed by atoms with Crippen molar-refractivity contribution in [3.05, 3.63) is 63.4 Å². The molecule has 7 nitrogen and oxygen atoms in total. The Morgan fingerprint density at radius 1 is 1.30 bits per heavy atom. The highest BCUT2D eigenvalue weighted by atomic mass is 35.5. The molecule has 0 spiro atoms. The van der Waals surface area contributed by atoms with Crippen molar-refractivity contribution in [2.24, 2.45) is 0 Å². The van der Waals surface area contributed by atoms with Crippen LogP contribution in [0.2, 0.25) is 5.02 Å². The van der Waals surface area contributed by atoms with E-state index in [9.17, 15) is 9.59 Å². The maximum Gasteiger partial charge on any atom is 0.278 e. The minimum absolute atomic E-state index is 0.170. The summed E-state index contributed by atoms with van der Waals surface area (Å²) in [5.74, 6) is 0.349. The van der Waals surface area contributed by atoms with E-state index in [1.54, 1.807) is 43.5 Å². The molecule has 1 aromatic heterocycles. The lowest BCUT2D eigenvalue weighted by Crippen LogP contribution is -2.39. The first-order chi connectivity index (χ1) is 13.0. The molecule has 0 aliphatic carbocycles. The number of nitrogens with zero attached hydrogens (tertiary/aromatic N) is 3. The van der Waals surface area contributed by atoms with Crippen LogP contribution < -0.4 is 15.6 Å². The highest BCUT2D eigenvalue weighted by molar-refractivity contribution is 6.30. The second-order valence-corrected chi connectivity index (χ2v) is 6.63. The van der Waals surface area contributed by atoms with Gasteiger partial charge >= 0.3 is 0 Å². The standard InChI is InChI=1S/C19H19ClN4O3/c1-12(9-13-7-8-14(20)10-17(13)27-2)21-18(25)11-24-19(26)15-5-3-4-6-16(15)22-23-24/h3-8,10,12H,9,11H2,1-2H3,(H,21,25)/t12-/m0/s1. The predicted octanol–water partition coefficient (Wildman–Crippen LogP) is 2.20. The molecule has 2 aromatic carbocycles. The molecule has 0 aliphatic rings. The molecule has 1 amide bonds. The number of hydrogen-bond acceptors (Lipinski definition) is 5. The van der Waals surface area contributed by atoms with E-state index in [4.69, 9.17) is 16.3 Å². The lowest BCUT2D eigenvalue weighted by atomic mass is 10.1. The molecule has 0 unspecified atom stereocenters. The molecule has 0 bridgehead atoms. The minimum atomic E-state index is -0.345. The number of benzene rings is 2. The summed E-state index contributed by atoms with van der Waals surface area (Å²) in [5, 5.41) is 11.7. The molecule has 0 saturated carbocycles. The number of aromatic nitrogens is 3. The Kier molecular flexibility index (Phi) is 5.71. The van der Waals surface area contributed by atoms with E-state index in [0.717, 1.165) is 10.2 Å². The Balaban J connectivity index is 1.67. The molecule has 0 saturated heterocycles. The minimum Gasteiger partial charge on any atom is -0.496 e. The third kappa shape index (κ3) is 4.43. The molecule has 8 heteroatoms. The fraction of sp³-hybridized carbons (Fsp3) is 0.263. The molecule has 1 N–H and O–H groups in total. The van der Waals surface area contributed by atoms with Crippen LogP contribution in [0.25, 0.3) is 10.9 Å². The Labute approximate surface area is 160 Å². The van der Waals surface area contributed by atoms with Crippen LogP contribution in [0.4, 0.5) is 0 Å². The number of amides is 1. The molecule has 3 aromatic rings. The SMILES string of the molecule is COc1cc(Cl)ccc1C[C@H](C)NC(=O)Cn1nnc2ccccc2c1=O. The number of ether oxygens (including phenoxy) is 1. The number of nitrogens with one attached hydrogen (secondary N) is 1. The maximum absolute atomic E-state index is 12.4. The van der Waals surface area contributed by atoms with Crippen LogP contribution in [0.3, 0.4) is 0 Å². The van der Waals surface area contributed by atoms with Gasteiger partial charge in [-0.15, -0.1) is 5.10 Å². The normalized spacial score (nSPS) is 12.0. The third-order valence-electron chi connectivity index (χ3n) is 4.11. The summed E-state index contributed by atoms with van der Waals surface area (Å²) in [6, 6.07) is 12.1. The van der Waals surface area contributed by atoms with Gasteiger partial charge in [-0.1, -0.05) is 35.0 Å². The monoisotopic (exact) mass is 386 g/mol. The van der Waals surface area contributed by atoms with Crippen LogP contribution in [0.5, 0.6) is 5.75 Å². The average Bonchev–Trinajstić information content (AvgIpc) is 2.65. The summed E-state index contributed by atoms with van der Waals surface area (Å²) in [6.45, 7) is 1.68. The number of methoxy groups -OCH3 is 1. The lowest BCUT2D eigenvalue weighted by molar-refractivity contribution is -0.122. The van der Waals surface area contributed by atoms with E-state index in [0.29, 0.717) is 28.1 Å². The van der Waals surface area contributed by atoms with Gasteiger partial charge < -0.3 is 10.1 Å². The quantitative estimate of drug-likeness (QED) is 0.701. The van der Waals surface area contributed by atoms with Gasteiger partial charge in [-0.2, -0.15) is 0 Å². The summed E-state index contributed by atoms with van der Waals surface area (Å²) >= 11 is 5.97. The van der Waals surface area contributed by atoms with Crippen LogP contribution in [0.15, 0.2) is 47.3 Å². The van der Waals surface area contributed by atoms with Crippen molar-refractivity contribution in [1.29, 1.82) is 0 Å². The van der Waals surface area contributed by atoms with Crippen molar-refractivity contribution < 1.29 is 9.53 Å². The molecule has 27 heavy (non-hydrogen) atoms. The third-order valence-corrected chi connectivity index (χ3v) is 4.34. The van der Waals surface area contributed by atoms with Gasteiger partial charge in [0, 0.05) is 11.1 Å². The number of carbonyl (C=O) groups is 1. The number of fused-ring (bicyclic) bond motifs is 1. The first-order valence-electron chi connectivity index (χ1n) is 8.42. The van der Waals surface area contributed by atoms with Crippen LogP contribution in [-0.4, -0.2) is 34.1 Å². The fourth-order valence-corrected chi connectivity index (χ4v) is 3.01. The largest absolute Gasteiger partial charge is 0.496 e. The number of rotatable bonds is 6. The molecule has 0 radical (unpaired) electrons. The highest BCUT2D eigenvalue weighted by Gasteiger charge is 2.14. The second-order valence-electron chi connectivity index (χ2n) is 6.20. The van der Waals surface area contributed by atoms with E-state index in [2.05, 4.69) is 15.6 Å². The summed E-state index contributed by atoms with van der Waals surface area (Å²) in [6.07, 6.45) is 0.560. The molecular formula is C19H19ClN4O3. The lowest BCUT2D eigenvalue weighted by Gasteiger charge is -2.16. The highest BCUT2D eigenvalue weighted by Crippen LogP contribution is 2.24. The van der Waals surface area contributed by atoms with E-state index in [1.165, 1.54) is 0 Å². The van der Waals surface area contributed by atoms with E-state index in [1.807, 2.05) is 13.0 Å². The van der Waals surface area contributed by atoms with Gasteiger partial charge in [0.1, 0.15) is 17.8 Å². The Morgan fingerprint density at radius 2 is 2.07 bits per heavy atom.